The molecule has 0 aliphatic carbocycles. The van der Waals surface area contributed by atoms with Gasteiger partial charge in [0.15, 0.2) is 34.9 Å². The van der Waals surface area contributed by atoms with Crippen LogP contribution in [0.25, 0.3) is 0 Å². The molecule has 38 heavy (non-hydrogen) atoms. The molecule has 0 heterocycles. The molecule has 0 saturated heterocycles. The van der Waals surface area contributed by atoms with Crippen LogP contribution in [-0.4, -0.2) is 45.9 Å². The number of carbonyl (C=O) groups excluding carboxylic acids is 1. The van der Waals surface area contributed by atoms with Crippen LogP contribution < -0.4 is 11.1 Å². The smallest absolute Gasteiger partial charge is 0.408 e. The molecule has 2 rings (SSSR count). The zero-order chi connectivity index (χ0) is 28.7. The SMILES string of the molecule is CC(C)(C)OC(=O)NC(Cc1cc(F)c(F)c(F)c1)C(=O)O.Cl.NC(Cc1cc(F)c(F)c(F)c1)C(=O)O. The Labute approximate surface area is 219 Å². The minimum absolute atomic E-state index is 0. The minimum Gasteiger partial charge on any atom is -0.480 e. The molecule has 8 nitrogen and oxygen atoms in total. The summed E-state index contributed by atoms with van der Waals surface area (Å²) >= 11 is 0. The summed E-state index contributed by atoms with van der Waals surface area (Å²) in [4.78, 5) is 33.0. The summed E-state index contributed by atoms with van der Waals surface area (Å²) in [7, 11) is 0. The third-order valence-electron chi connectivity index (χ3n) is 4.29. The van der Waals surface area contributed by atoms with Crippen LogP contribution in [0, 0.1) is 34.9 Å². The highest BCUT2D eigenvalue weighted by Gasteiger charge is 2.25. The van der Waals surface area contributed by atoms with Crippen molar-refractivity contribution in [2.24, 2.45) is 5.73 Å². The zero-order valence-corrected chi connectivity index (χ0v) is 21.0. The predicted octanol–water partition coefficient (Wildman–Crippen LogP) is 4.10. The van der Waals surface area contributed by atoms with Gasteiger partial charge in [-0.2, -0.15) is 0 Å². The first-order valence-electron chi connectivity index (χ1n) is 10.4. The molecule has 0 aliphatic rings. The lowest BCUT2D eigenvalue weighted by Crippen LogP contribution is -2.44. The van der Waals surface area contributed by atoms with E-state index in [9.17, 15) is 40.7 Å². The lowest BCUT2D eigenvalue weighted by atomic mass is 10.1. The summed E-state index contributed by atoms with van der Waals surface area (Å²) in [5, 5.41) is 19.6. The zero-order valence-electron chi connectivity index (χ0n) is 20.2. The number of carboxylic acids is 2. The lowest BCUT2D eigenvalue weighted by molar-refractivity contribution is -0.140. The molecule has 0 fully saturated rings. The van der Waals surface area contributed by atoms with Gasteiger partial charge in [-0.15, -0.1) is 12.4 Å². The average molecular weight is 575 g/mol. The van der Waals surface area contributed by atoms with Crippen LogP contribution in [-0.2, 0) is 27.2 Å². The first-order valence-corrected chi connectivity index (χ1v) is 10.4. The number of halogens is 7. The summed E-state index contributed by atoms with van der Waals surface area (Å²) in [5.74, 6) is -11.5. The van der Waals surface area contributed by atoms with Crippen molar-refractivity contribution in [1.29, 1.82) is 0 Å². The number of nitrogens with one attached hydrogen (secondary N) is 1. The molecule has 2 aromatic carbocycles. The highest BCUT2D eigenvalue weighted by Crippen LogP contribution is 2.16. The van der Waals surface area contributed by atoms with E-state index in [1.54, 1.807) is 20.8 Å². The summed E-state index contributed by atoms with van der Waals surface area (Å²) in [6.45, 7) is 4.77. The summed E-state index contributed by atoms with van der Waals surface area (Å²) in [6, 6.07) is 0.0481. The first kappa shape index (κ1) is 34.5. The van der Waals surface area contributed by atoms with Gasteiger partial charge >= 0.3 is 18.0 Å². The van der Waals surface area contributed by atoms with Crippen molar-refractivity contribution in [2.75, 3.05) is 0 Å². The maximum absolute atomic E-state index is 13.1. The number of amides is 1. The van der Waals surface area contributed by atoms with Crippen molar-refractivity contribution in [3.05, 3.63) is 70.3 Å². The normalized spacial score (nSPS) is 12.3. The van der Waals surface area contributed by atoms with Crippen LogP contribution >= 0.6 is 12.4 Å². The van der Waals surface area contributed by atoms with Crippen LogP contribution in [0.5, 0.6) is 0 Å². The fourth-order valence-electron chi connectivity index (χ4n) is 2.68. The molecule has 0 bridgehead atoms. The monoisotopic (exact) mass is 574 g/mol. The molecular weight excluding hydrogens is 550 g/mol. The number of hydrogen-bond donors (Lipinski definition) is 4. The van der Waals surface area contributed by atoms with E-state index in [0.29, 0.717) is 12.1 Å². The van der Waals surface area contributed by atoms with Gasteiger partial charge in [0, 0.05) is 6.42 Å². The van der Waals surface area contributed by atoms with Crippen molar-refractivity contribution in [2.45, 2.75) is 51.3 Å². The topological polar surface area (TPSA) is 139 Å². The van der Waals surface area contributed by atoms with E-state index in [1.165, 1.54) is 0 Å². The molecule has 212 valence electrons. The van der Waals surface area contributed by atoms with E-state index in [4.69, 9.17) is 20.7 Å². The summed E-state index contributed by atoms with van der Waals surface area (Å²) in [6.07, 6.45) is -1.67. The Kier molecular flexibility index (Phi) is 13.1. The molecule has 5 N–H and O–H groups in total. The van der Waals surface area contributed by atoms with Gasteiger partial charge in [-0.05, 0) is 62.6 Å². The van der Waals surface area contributed by atoms with E-state index < -0.39 is 77.0 Å². The largest absolute Gasteiger partial charge is 0.480 e. The van der Waals surface area contributed by atoms with Crippen molar-refractivity contribution < 1.29 is 55.7 Å². The van der Waals surface area contributed by atoms with Gasteiger partial charge in [0.2, 0.25) is 0 Å². The molecular formula is C23H25ClF6N2O6. The van der Waals surface area contributed by atoms with Gasteiger partial charge in [0.1, 0.15) is 17.7 Å². The Morgan fingerprint density at radius 3 is 1.50 bits per heavy atom. The van der Waals surface area contributed by atoms with E-state index in [2.05, 4.69) is 5.32 Å². The third kappa shape index (κ3) is 11.3. The maximum atomic E-state index is 13.1. The van der Waals surface area contributed by atoms with Crippen molar-refractivity contribution in [3.8, 4) is 0 Å². The molecule has 1 amide bonds. The quantitative estimate of drug-likeness (QED) is 0.288. The van der Waals surface area contributed by atoms with Crippen LogP contribution in [0.4, 0.5) is 31.1 Å². The molecule has 2 atom stereocenters. The molecule has 0 aromatic heterocycles. The molecule has 2 aromatic rings. The maximum Gasteiger partial charge on any atom is 0.408 e. The summed E-state index contributed by atoms with van der Waals surface area (Å²) < 4.78 is 81.8. The highest BCUT2D eigenvalue weighted by atomic mass is 35.5. The predicted molar refractivity (Wildman–Crippen MR) is 124 cm³/mol. The summed E-state index contributed by atoms with van der Waals surface area (Å²) in [5.41, 5.74) is 4.21. The van der Waals surface area contributed by atoms with Crippen LogP contribution in [0.3, 0.4) is 0 Å². The van der Waals surface area contributed by atoms with Gasteiger partial charge in [-0.3, -0.25) is 4.79 Å². The fraction of sp³-hybridized carbons (Fsp3) is 0.348. The highest BCUT2D eigenvalue weighted by molar-refractivity contribution is 5.85. The molecule has 15 heteroatoms. The lowest BCUT2D eigenvalue weighted by Gasteiger charge is -2.22. The second kappa shape index (κ2) is 14.4. The Morgan fingerprint density at radius 1 is 0.816 bits per heavy atom. The van der Waals surface area contributed by atoms with E-state index in [0.717, 1.165) is 12.1 Å². The van der Waals surface area contributed by atoms with Gasteiger partial charge in [-0.25, -0.2) is 35.9 Å². The number of carboxylic acid groups (broad SMARTS) is 2. The van der Waals surface area contributed by atoms with E-state index >= 15 is 0 Å². The minimum atomic E-state index is -1.64. The van der Waals surface area contributed by atoms with Gasteiger partial charge < -0.3 is 26.0 Å². The number of hydrogen-bond acceptors (Lipinski definition) is 5. The number of aliphatic carboxylic acids is 2. The molecule has 0 spiro atoms. The number of ether oxygens (including phenoxy) is 1. The first-order chi connectivity index (χ1) is 16.9. The van der Waals surface area contributed by atoms with Crippen LogP contribution in [0.15, 0.2) is 24.3 Å². The molecule has 0 saturated carbocycles. The Hall–Kier alpha value is -3.52. The molecule has 0 aliphatic heterocycles. The van der Waals surface area contributed by atoms with Crippen LogP contribution in [0.2, 0.25) is 0 Å². The average Bonchev–Trinajstić information content (AvgIpc) is 2.74. The van der Waals surface area contributed by atoms with Crippen molar-refractivity contribution in [3.63, 3.8) is 0 Å². The fourth-order valence-corrected chi connectivity index (χ4v) is 2.68. The van der Waals surface area contributed by atoms with Crippen molar-refractivity contribution >= 4 is 30.4 Å². The Morgan fingerprint density at radius 2 is 1.18 bits per heavy atom. The van der Waals surface area contributed by atoms with E-state index in [-0.39, 0.29) is 30.0 Å². The van der Waals surface area contributed by atoms with Gasteiger partial charge in [0.05, 0.1) is 0 Å². The standard InChI is InChI=1S/C14H16F3NO4.C9H8F3NO2.ClH/c1-14(2,3)22-13(21)18-10(12(19)20)6-7-4-8(15)11(17)9(16)5-7;10-5-1-4(2-6(11)8(5)12)3-7(13)9(14)15;/h4-5,10H,6H2,1-3H3,(H,18,21)(H,19,20);1-2,7H,3,13H2,(H,14,15);1H. The number of benzene rings is 2. The van der Waals surface area contributed by atoms with E-state index in [1.807, 2.05) is 0 Å². The van der Waals surface area contributed by atoms with Gasteiger partial charge in [-0.1, -0.05) is 0 Å². The second-order valence-electron chi connectivity index (χ2n) is 8.64. The number of nitrogens with two attached hydrogens (primary N) is 1. The van der Waals surface area contributed by atoms with Crippen LogP contribution in [0.1, 0.15) is 31.9 Å². The Bertz CT molecular complexity index is 1120. The molecule has 2 unspecified atom stereocenters. The number of carbonyl (C=O) groups is 3. The molecule has 0 radical (unpaired) electrons. The number of alkyl carbamates (subject to hydrolysis) is 1. The Balaban J connectivity index is 0.000000750. The second-order valence-corrected chi connectivity index (χ2v) is 8.64. The number of rotatable bonds is 7. The van der Waals surface area contributed by atoms with Crippen molar-refractivity contribution in [1.82, 2.24) is 5.32 Å². The van der Waals surface area contributed by atoms with Gasteiger partial charge in [0.25, 0.3) is 0 Å². The third-order valence-corrected chi connectivity index (χ3v) is 4.29.